The van der Waals surface area contributed by atoms with Crippen molar-refractivity contribution in [2.45, 2.75) is 46.0 Å². The van der Waals surface area contributed by atoms with E-state index in [1.54, 1.807) is 0 Å². The Morgan fingerprint density at radius 1 is 0.623 bits per heavy atom. The van der Waals surface area contributed by atoms with E-state index in [0.29, 0.717) is 11.0 Å². The molecule has 8 aromatic rings. The summed E-state index contributed by atoms with van der Waals surface area (Å²) in [5.41, 5.74) is 5.64. The molecule has 53 heavy (non-hydrogen) atoms. The van der Waals surface area contributed by atoms with E-state index in [2.05, 4.69) is 173 Å². The van der Waals surface area contributed by atoms with E-state index in [4.69, 9.17) is 39.3 Å². The van der Waals surface area contributed by atoms with Gasteiger partial charge >= 0.3 is 18.9 Å². The van der Waals surface area contributed by atoms with Crippen molar-refractivity contribution in [3.63, 3.8) is 0 Å². The number of fused-ring (bicyclic) bond motifs is 12. The number of pyridine rings is 2. The molecule has 0 atom stereocenters. The van der Waals surface area contributed by atoms with Crippen molar-refractivity contribution in [3.05, 3.63) is 118 Å². The van der Waals surface area contributed by atoms with Crippen molar-refractivity contribution in [2.24, 2.45) is 0 Å². The van der Waals surface area contributed by atoms with E-state index in [9.17, 15) is 0 Å². The Balaban J connectivity index is 0.000000188. The Morgan fingerprint density at radius 3 is 1.45 bits per heavy atom. The molecule has 0 saturated carbocycles. The molecule has 0 spiro atoms. The third-order valence-electron chi connectivity index (χ3n) is 8.52. The number of hydrogen-bond donors (Lipinski definition) is 0. The minimum atomic E-state index is -1.75. The van der Waals surface area contributed by atoms with Gasteiger partial charge in [-0.25, -0.2) is 9.97 Å². The van der Waals surface area contributed by atoms with Gasteiger partial charge in [-0.2, -0.15) is 17.5 Å². The number of imidazole rings is 2. The fraction of sp³-hybridized carbons (Fsp3) is 0.225. The number of rotatable bonds is 4. The maximum Gasteiger partial charge on any atom is 1.00 e. The van der Waals surface area contributed by atoms with Gasteiger partial charge in [0.2, 0.25) is 0 Å². The van der Waals surface area contributed by atoms with Gasteiger partial charge in [0.15, 0.2) is 7.38 Å². The molecule has 0 radical (unpaired) electrons. The first-order chi connectivity index (χ1) is 24.8. The summed E-state index contributed by atoms with van der Waals surface area (Å²) in [6, 6.07) is 29.5. The summed E-state index contributed by atoms with van der Waals surface area (Å²) in [7, 11) is -3.14. The molecule has 4 aromatic heterocycles. The van der Waals surface area contributed by atoms with Gasteiger partial charge in [-0.1, -0.05) is 112 Å². The average Bonchev–Trinajstić information content (AvgIpc) is 3.77. The topological polar surface area (TPSA) is 34.6 Å². The van der Waals surface area contributed by atoms with Crippen LogP contribution in [0.1, 0.15) is 19.8 Å². The Bertz CT molecular complexity index is 2500. The Morgan fingerprint density at radius 2 is 1.02 bits per heavy atom. The summed E-state index contributed by atoms with van der Waals surface area (Å²) < 4.78 is 7.58. The first kappa shape index (κ1) is 44.4. The number of alkyl halides is 2. The minimum Gasteiger partial charge on any atom is -0.343 e. The van der Waals surface area contributed by atoms with Crippen LogP contribution in [0.5, 0.6) is 0 Å². The fourth-order valence-corrected chi connectivity index (χ4v) is 9.11. The molecule has 0 fully saturated rings. The molecule has 0 aliphatic carbocycles. The second-order valence-corrected chi connectivity index (χ2v) is 29.1. The molecule has 0 bridgehead atoms. The van der Waals surface area contributed by atoms with Crippen LogP contribution in [-0.2, 0) is 0 Å². The van der Waals surface area contributed by atoms with E-state index >= 15 is 0 Å². The summed E-state index contributed by atoms with van der Waals surface area (Å²) in [5.74, 6) is 0. The standard InChI is InChI=1S/C18H16BrClN2Si.C15H8Br2N2.C4H9.C3H8Cl2Si.Li/c1-23(2,11-20)16-10-21-18-14-7-4-3-6-12(14)13-8-5-9-15(19)17(13)22(16)18;16-12-7-3-6-10-9-4-1-2-5-11(9)15-18-8-13(17)19(15)14(10)12;1-3-4-2;1-6(2,5)3-4;/h3-10H,11H2,1-2H3;1-8H;1,3-4H2,2H3;3H2,1-2H3;/q;;-1;;+1. The molecule has 4 nitrogen and oxygen atoms in total. The van der Waals surface area contributed by atoms with Crippen molar-refractivity contribution in [3.8, 4) is 0 Å². The quantitative estimate of drug-likeness (QED) is 0.0579. The monoisotopic (exact) mass is 982 g/mol. The molecule has 0 aliphatic heterocycles. The summed E-state index contributed by atoms with van der Waals surface area (Å²) in [6.45, 7) is 14.3. The van der Waals surface area contributed by atoms with E-state index in [-0.39, 0.29) is 18.9 Å². The van der Waals surface area contributed by atoms with Crippen molar-refractivity contribution in [1.29, 1.82) is 0 Å². The summed E-state index contributed by atoms with van der Waals surface area (Å²) >= 11 is 28.4. The second kappa shape index (κ2) is 19.2. The summed E-state index contributed by atoms with van der Waals surface area (Å²) in [6.07, 6.45) is 6.15. The smallest absolute Gasteiger partial charge is 0.343 e. The molecular weight excluding hydrogens is 946 g/mol. The van der Waals surface area contributed by atoms with Crippen LogP contribution >= 0.6 is 82.1 Å². The van der Waals surface area contributed by atoms with Gasteiger partial charge in [0.25, 0.3) is 0 Å². The molecule has 0 amide bonds. The molecule has 13 heteroatoms. The van der Waals surface area contributed by atoms with E-state index in [1.807, 2.05) is 25.5 Å². The van der Waals surface area contributed by atoms with Crippen LogP contribution in [0, 0.1) is 6.92 Å². The van der Waals surface area contributed by atoms with E-state index in [0.717, 1.165) is 36.8 Å². The van der Waals surface area contributed by atoms with Crippen LogP contribution in [0.2, 0.25) is 26.2 Å². The van der Waals surface area contributed by atoms with Gasteiger partial charge in [-0.15, -0.1) is 23.2 Å². The molecule has 0 N–H and O–H groups in total. The molecule has 0 saturated heterocycles. The number of halogens is 6. The molecular formula is C40H41Br3Cl3LiN4Si2. The number of para-hydroxylation sites is 2. The van der Waals surface area contributed by atoms with Crippen molar-refractivity contribution < 1.29 is 18.9 Å². The van der Waals surface area contributed by atoms with Gasteiger partial charge in [0.05, 0.1) is 17.2 Å². The molecule has 0 unspecified atom stereocenters. The molecule has 4 heterocycles. The number of hydrogen-bond acceptors (Lipinski definition) is 2. The third kappa shape index (κ3) is 9.61. The van der Waals surface area contributed by atoms with Gasteiger partial charge in [0.1, 0.15) is 24.0 Å². The van der Waals surface area contributed by atoms with Crippen LogP contribution < -0.4 is 24.2 Å². The maximum atomic E-state index is 6.30. The van der Waals surface area contributed by atoms with Crippen molar-refractivity contribution >= 4 is 157 Å². The number of benzene rings is 4. The maximum absolute atomic E-state index is 6.30. The predicted molar refractivity (Wildman–Crippen MR) is 246 cm³/mol. The van der Waals surface area contributed by atoms with E-state index < -0.39 is 15.5 Å². The molecule has 0 aliphatic rings. The van der Waals surface area contributed by atoms with Crippen molar-refractivity contribution in [1.82, 2.24) is 18.8 Å². The van der Waals surface area contributed by atoms with Crippen LogP contribution in [-0.4, -0.2) is 45.2 Å². The summed E-state index contributed by atoms with van der Waals surface area (Å²) in [5, 5.41) is 8.54. The summed E-state index contributed by atoms with van der Waals surface area (Å²) in [4.78, 5) is 9.30. The zero-order chi connectivity index (χ0) is 37.8. The van der Waals surface area contributed by atoms with Crippen LogP contribution in [0.4, 0.5) is 0 Å². The third-order valence-corrected chi connectivity index (χ3v) is 18.2. The van der Waals surface area contributed by atoms with Crippen LogP contribution in [0.25, 0.3) is 54.6 Å². The van der Waals surface area contributed by atoms with Crippen molar-refractivity contribution in [2.75, 3.05) is 11.0 Å². The SMILES string of the molecule is Brc1cccc2c3ccccc3c3ncc(Br)n3c12.C[Si](C)(CCl)c1cnc2c3ccccc3c3cccc(Br)c3n12.C[Si](C)(Cl)CCl.[CH2-]CCC.[Li+]. The van der Waals surface area contributed by atoms with Gasteiger partial charge in [0, 0.05) is 53.0 Å². The number of unbranched alkanes of at least 4 members (excludes halogenated alkanes) is 1. The Kier molecular flexibility index (Phi) is 16.1. The van der Waals surface area contributed by atoms with Crippen LogP contribution in [0.3, 0.4) is 0 Å². The van der Waals surface area contributed by atoms with Gasteiger partial charge < -0.3 is 6.92 Å². The van der Waals surface area contributed by atoms with E-state index in [1.165, 1.54) is 49.6 Å². The first-order valence-corrected chi connectivity index (χ1v) is 27.9. The molecule has 4 aromatic carbocycles. The average molecular weight is 987 g/mol. The van der Waals surface area contributed by atoms with Crippen LogP contribution in [0.15, 0.2) is 111 Å². The number of nitrogens with zero attached hydrogens (tertiary/aromatic N) is 4. The Hall–Kier alpha value is -1.36. The zero-order valence-corrected chi connectivity index (χ0v) is 39.9. The number of aromatic nitrogens is 4. The largest absolute Gasteiger partial charge is 1.00 e. The normalized spacial score (nSPS) is 11.5. The molecule has 272 valence electrons. The minimum absolute atomic E-state index is 0. The fourth-order valence-electron chi connectivity index (χ4n) is 5.79. The molecule has 8 rings (SSSR count). The van der Waals surface area contributed by atoms with Gasteiger partial charge in [-0.3, -0.25) is 8.80 Å². The first-order valence-electron chi connectivity index (χ1n) is 17.0. The van der Waals surface area contributed by atoms with Gasteiger partial charge in [-0.05, 0) is 70.7 Å². The zero-order valence-electron chi connectivity index (χ0n) is 30.8. The second-order valence-electron chi connectivity index (χ2n) is 13.6. The Labute approximate surface area is 366 Å². The predicted octanol–water partition coefficient (Wildman–Crippen LogP) is 11.1.